The summed E-state index contributed by atoms with van der Waals surface area (Å²) in [7, 11) is -4.10. The van der Waals surface area contributed by atoms with Crippen molar-refractivity contribution in [2.75, 3.05) is 10.8 Å². The van der Waals surface area contributed by atoms with Crippen LogP contribution in [0.3, 0.4) is 0 Å². The number of nitrogens with zero attached hydrogens (tertiary/aromatic N) is 2. The number of nitrogens with one attached hydrogen (secondary N) is 1. The molecule has 7 nitrogen and oxygen atoms in total. The van der Waals surface area contributed by atoms with Gasteiger partial charge in [0.1, 0.15) is 12.6 Å². The van der Waals surface area contributed by atoms with Gasteiger partial charge in [-0.15, -0.1) is 0 Å². The smallest absolute Gasteiger partial charge is 0.264 e. The first-order valence-electron chi connectivity index (χ1n) is 12.7. The normalized spacial score (nSPS) is 12.8. The molecule has 0 spiro atoms. The third kappa shape index (κ3) is 7.75. The molecule has 39 heavy (non-hydrogen) atoms. The molecule has 0 heterocycles. The van der Waals surface area contributed by atoms with Crippen LogP contribution >= 0.6 is 23.2 Å². The van der Waals surface area contributed by atoms with Crippen molar-refractivity contribution >= 4 is 50.7 Å². The molecule has 2 amide bonds. The van der Waals surface area contributed by atoms with E-state index in [1.54, 1.807) is 66.7 Å². The Morgan fingerprint density at radius 3 is 2.05 bits per heavy atom. The minimum atomic E-state index is -4.10. The van der Waals surface area contributed by atoms with Gasteiger partial charge < -0.3 is 10.2 Å². The molecule has 2 atom stereocenters. The van der Waals surface area contributed by atoms with Gasteiger partial charge in [-0.25, -0.2) is 8.42 Å². The van der Waals surface area contributed by atoms with E-state index in [2.05, 4.69) is 5.32 Å². The van der Waals surface area contributed by atoms with E-state index in [0.29, 0.717) is 27.7 Å². The van der Waals surface area contributed by atoms with Crippen molar-refractivity contribution < 1.29 is 18.0 Å². The Balaban J connectivity index is 2.04. The van der Waals surface area contributed by atoms with Crippen molar-refractivity contribution in [1.29, 1.82) is 0 Å². The molecular formula is C29H33Cl2N3O4S. The van der Waals surface area contributed by atoms with E-state index in [1.807, 2.05) is 20.8 Å². The summed E-state index contributed by atoms with van der Waals surface area (Å²) >= 11 is 12.3. The Labute approximate surface area is 240 Å². The van der Waals surface area contributed by atoms with Crippen LogP contribution in [0.2, 0.25) is 10.0 Å². The van der Waals surface area contributed by atoms with Crippen LogP contribution in [-0.2, 0) is 26.2 Å². The fourth-order valence-corrected chi connectivity index (χ4v) is 5.79. The largest absolute Gasteiger partial charge is 0.352 e. The van der Waals surface area contributed by atoms with Crippen LogP contribution in [0.15, 0.2) is 83.8 Å². The Kier molecular flexibility index (Phi) is 10.8. The Morgan fingerprint density at radius 2 is 1.49 bits per heavy atom. The van der Waals surface area contributed by atoms with Crippen LogP contribution in [0.1, 0.15) is 39.2 Å². The molecule has 0 radical (unpaired) electrons. The van der Waals surface area contributed by atoms with E-state index in [-0.39, 0.29) is 23.4 Å². The average Bonchev–Trinajstić information content (AvgIpc) is 2.94. The van der Waals surface area contributed by atoms with Crippen LogP contribution in [-0.4, -0.2) is 43.8 Å². The number of para-hydroxylation sites is 1. The standard InChI is InChI=1S/C29H33Cl2N3O4S/c1-4-21(3)32-29(36)27(5-2)33(19-22-16-17-25(30)26(31)18-22)28(35)20-34(23-12-8-6-9-13-23)39(37,38)24-14-10-7-11-15-24/h6-18,21,27H,4-5,19-20H2,1-3H3,(H,32,36). The maximum atomic E-state index is 14.0. The first-order valence-corrected chi connectivity index (χ1v) is 14.9. The quantitative estimate of drug-likeness (QED) is 0.284. The summed E-state index contributed by atoms with van der Waals surface area (Å²) in [5, 5.41) is 3.63. The van der Waals surface area contributed by atoms with Crippen LogP contribution in [0.5, 0.6) is 0 Å². The molecule has 2 unspecified atom stereocenters. The third-order valence-corrected chi connectivity index (χ3v) is 8.91. The van der Waals surface area contributed by atoms with Crippen molar-refractivity contribution in [3.05, 3.63) is 94.5 Å². The first-order chi connectivity index (χ1) is 18.6. The molecule has 0 aromatic heterocycles. The molecule has 0 saturated heterocycles. The second kappa shape index (κ2) is 13.8. The third-order valence-electron chi connectivity index (χ3n) is 6.38. The summed E-state index contributed by atoms with van der Waals surface area (Å²) in [4.78, 5) is 28.8. The predicted molar refractivity (Wildman–Crippen MR) is 156 cm³/mol. The van der Waals surface area contributed by atoms with Crippen LogP contribution in [0.25, 0.3) is 0 Å². The zero-order valence-corrected chi connectivity index (χ0v) is 24.5. The highest BCUT2D eigenvalue weighted by atomic mass is 35.5. The number of rotatable bonds is 12. The molecule has 0 aliphatic rings. The van der Waals surface area contributed by atoms with Gasteiger partial charge in [-0.1, -0.05) is 79.5 Å². The first kappa shape index (κ1) is 30.5. The lowest BCUT2D eigenvalue weighted by Crippen LogP contribution is -2.53. The van der Waals surface area contributed by atoms with Gasteiger partial charge in [0, 0.05) is 12.6 Å². The van der Waals surface area contributed by atoms with E-state index in [0.717, 1.165) is 10.7 Å². The minimum Gasteiger partial charge on any atom is -0.352 e. The molecule has 1 N–H and O–H groups in total. The summed E-state index contributed by atoms with van der Waals surface area (Å²) in [6.07, 6.45) is 1.05. The van der Waals surface area contributed by atoms with E-state index in [1.165, 1.54) is 17.0 Å². The van der Waals surface area contributed by atoms with Crippen molar-refractivity contribution in [3.8, 4) is 0 Å². The number of amides is 2. The molecule has 10 heteroatoms. The highest BCUT2D eigenvalue weighted by Crippen LogP contribution is 2.26. The molecule has 0 fully saturated rings. The molecule has 0 aliphatic carbocycles. The van der Waals surface area contributed by atoms with Gasteiger partial charge in [0.25, 0.3) is 10.0 Å². The fraction of sp³-hybridized carbons (Fsp3) is 0.310. The second-order valence-electron chi connectivity index (χ2n) is 9.17. The summed E-state index contributed by atoms with van der Waals surface area (Å²) in [5.41, 5.74) is 0.992. The van der Waals surface area contributed by atoms with E-state index >= 15 is 0 Å². The van der Waals surface area contributed by atoms with Crippen molar-refractivity contribution in [2.45, 2.75) is 57.1 Å². The number of anilines is 1. The number of benzene rings is 3. The predicted octanol–water partition coefficient (Wildman–Crippen LogP) is 5.91. The Morgan fingerprint density at radius 1 is 0.872 bits per heavy atom. The number of hydrogen-bond donors (Lipinski definition) is 1. The lowest BCUT2D eigenvalue weighted by Gasteiger charge is -2.33. The van der Waals surface area contributed by atoms with Crippen LogP contribution in [0.4, 0.5) is 5.69 Å². The molecule has 3 aromatic rings. The maximum absolute atomic E-state index is 14.0. The number of sulfonamides is 1. The van der Waals surface area contributed by atoms with Crippen molar-refractivity contribution in [3.63, 3.8) is 0 Å². The van der Waals surface area contributed by atoms with Gasteiger partial charge in [0.2, 0.25) is 11.8 Å². The molecule has 208 valence electrons. The highest BCUT2D eigenvalue weighted by molar-refractivity contribution is 7.92. The van der Waals surface area contributed by atoms with Crippen molar-refractivity contribution in [2.24, 2.45) is 0 Å². The monoisotopic (exact) mass is 589 g/mol. The maximum Gasteiger partial charge on any atom is 0.264 e. The van der Waals surface area contributed by atoms with Gasteiger partial charge in [0.15, 0.2) is 0 Å². The van der Waals surface area contributed by atoms with Gasteiger partial charge in [-0.2, -0.15) is 0 Å². The topological polar surface area (TPSA) is 86.8 Å². The zero-order chi connectivity index (χ0) is 28.6. The minimum absolute atomic E-state index is 0.0379. The lowest BCUT2D eigenvalue weighted by molar-refractivity contribution is -0.140. The average molecular weight is 591 g/mol. The molecule has 3 rings (SSSR count). The zero-order valence-electron chi connectivity index (χ0n) is 22.2. The Bertz CT molecular complexity index is 1370. The molecule has 3 aromatic carbocycles. The summed E-state index contributed by atoms with van der Waals surface area (Å²) in [5.74, 6) is -0.840. The summed E-state index contributed by atoms with van der Waals surface area (Å²) < 4.78 is 28.5. The molecule has 0 bridgehead atoms. The van der Waals surface area contributed by atoms with Gasteiger partial charge in [-0.05, 0) is 61.7 Å². The van der Waals surface area contributed by atoms with Crippen LogP contribution < -0.4 is 9.62 Å². The van der Waals surface area contributed by atoms with E-state index in [4.69, 9.17) is 23.2 Å². The van der Waals surface area contributed by atoms with Gasteiger partial charge in [0.05, 0.1) is 20.6 Å². The van der Waals surface area contributed by atoms with E-state index < -0.39 is 28.5 Å². The number of carbonyl (C=O) groups excluding carboxylic acids is 2. The highest BCUT2D eigenvalue weighted by Gasteiger charge is 2.34. The van der Waals surface area contributed by atoms with Crippen LogP contribution in [0, 0.1) is 0 Å². The molecule has 0 saturated carbocycles. The second-order valence-corrected chi connectivity index (χ2v) is 11.8. The Hall–Kier alpha value is -3.07. The number of halogens is 2. The number of hydrogen-bond acceptors (Lipinski definition) is 4. The summed E-state index contributed by atoms with van der Waals surface area (Å²) in [6.45, 7) is 5.19. The van der Waals surface area contributed by atoms with Gasteiger partial charge in [-0.3, -0.25) is 13.9 Å². The SMILES string of the molecule is CCC(C)NC(=O)C(CC)N(Cc1ccc(Cl)c(Cl)c1)C(=O)CN(c1ccccc1)S(=O)(=O)c1ccccc1. The molecule has 0 aliphatic heterocycles. The van der Waals surface area contributed by atoms with Crippen molar-refractivity contribution in [1.82, 2.24) is 10.2 Å². The summed E-state index contributed by atoms with van der Waals surface area (Å²) in [6, 6.07) is 20.4. The lowest BCUT2D eigenvalue weighted by atomic mass is 10.1. The van der Waals surface area contributed by atoms with E-state index in [9.17, 15) is 18.0 Å². The number of carbonyl (C=O) groups is 2. The van der Waals surface area contributed by atoms with Gasteiger partial charge >= 0.3 is 0 Å². The molecular weight excluding hydrogens is 557 g/mol. The fourth-order valence-electron chi connectivity index (χ4n) is 4.04.